The van der Waals surface area contributed by atoms with E-state index in [-0.39, 0.29) is 5.56 Å². The smallest absolute Gasteiger partial charge is 0.339 e. The molecule has 0 unspecified atom stereocenters. The quantitative estimate of drug-likeness (QED) is 0.897. The van der Waals surface area contributed by atoms with E-state index in [0.717, 1.165) is 4.88 Å². The second-order valence-corrected chi connectivity index (χ2v) is 6.61. The number of carbonyl (C=O) groups is 1. The van der Waals surface area contributed by atoms with Crippen LogP contribution < -0.4 is 4.90 Å². The van der Waals surface area contributed by atoms with E-state index in [9.17, 15) is 9.90 Å². The molecule has 2 aromatic heterocycles. The van der Waals surface area contributed by atoms with Crippen LogP contribution in [-0.2, 0) is 6.54 Å². The summed E-state index contributed by atoms with van der Waals surface area (Å²) >= 11 is 10.6. The number of anilines is 1. The van der Waals surface area contributed by atoms with Crippen LogP contribution in [0.1, 0.15) is 15.2 Å². The molecule has 19 heavy (non-hydrogen) atoms. The molecule has 100 valence electrons. The highest BCUT2D eigenvalue weighted by atomic mass is 79.9. The van der Waals surface area contributed by atoms with Crippen LogP contribution in [0, 0.1) is 0 Å². The maximum Gasteiger partial charge on any atom is 0.339 e. The number of pyridine rings is 1. The Balaban J connectivity index is 2.28. The lowest BCUT2D eigenvalue weighted by molar-refractivity contribution is 0.0697. The largest absolute Gasteiger partial charge is 0.478 e. The molecule has 0 fully saturated rings. The van der Waals surface area contributed by atoms with Crippen molar-refractivity contribution in [3.8, 4) is 0 Å². The summed E-state index contributed by atoms with van der Waals surface area (Å²) in [4.78, 5) is 18.2. The summed E-state index contributed by atoms with van der Waals surface area (Å²) in [6.07, 6.45) is 1.58. The van der Waals surface area contributed by atoms with E-state index in [2.05, 4.69) is 20.9 Å². The predicted octanol–water partition coefficient (Wildman–Crippen LogP) is 3.89. The number of hydrogen-bond donors (Lipinski definition) is 1. The summed E-state index contributed by atoms with van der Waals surface area (Å²) < 4.78 is 1.35. The zero-order valence-corrected chi connectivity index (χ0v) is 13.1. The molecule has 0 atom stereocenters. The van der Waals surface area contributed by atoms with Crippen molar-refractivity contribution in [2.75, 3.05) is 11.9 Å². The standard InChI is InChI=1S/C12H10BrClN2O2S/c1-16(6-8-2-3-10(14)19-8)11-9(12(17)18)4-7(13)5-15-11/h2-5H,6H2,1H3,(H,17,18). The van der Waals surface area contributed by atoms with E-state index in [1.165, 1.54) is 11.3 Å². The Labute approximate surface area is 127 Å². The molecule has 0 aliphatic heterocycles. The fourth-order valence-electron chi connectivity index (χ4n) is 1.64. The lowest BCUT2D eigenvalue weighted by Crippen LogP contribution is -2.20. The predicted molar refractivity (Wildman–Crippen MR) is 80.3 cm³/mol. The van der Waals surface area contributed by atoms with E-state index < -0.39 is 5.97 Å². The van der Waals surface area contributed by atoms with E-state index in [1.807, 2.05) is 12.1 Å². The molecule has 0 radical (unpaired) electrons. The first-order chi connectivity index (χ1) is 8.97. The lowest BCUT2D eigenvalue weighted by Gasteiger charge is -2.19. The fraction of sp³-hybridized carbons (Fsp3) is 0.167. The number of nitrogens with zero attached hydrogens (tertiary/aromatic N) is 2. The highest BCUT2D eigenvalue weighted by molar-refractivity contribution is 9.10. The lowest BCUT2D eigenvalue weighted by atomic mass is 10.2. The van der Waals surface area contributed by atoms with Gasteiger partial charge in [0.05, 0.1) is 10.9 Å². The second-order valence-electron chi connectivity index (χ2n) is 3.89. The van der Waals surface area contributed by atoms with Crippen molar-refractivity contribution in [2.45, 2.75) is 6.54 Å². The van der Waals surface area contributed by atoms with Gasteiger partial charge in [-0.1, -0.05) is 11.6 Å². The number of aromatic carboxylic acids is 1. The first-order valence-electron chi connectivity index (χ1n) is 5.31. The van der Waals surface area contributed by atoms with E-state index in [1.54, 1.807) is 24.2 Å². The molecule has 0 saturated heterocycles. The Hall–Kier alpha value is -1.11. The van der Waals surface area contributed by atoms with Crippen LogP contribution >= 0.6 is 38.9 Å². The van der Waals surface area contributed by atoms with Crippen LogP contribution in [-0.4, -0.2) is 23.1 Å². The highest BCUT2D eigenvalue weighted by Crippen LogP contribution is 2.26. The Kier molecular flexibility index (Phi) is 4.44. The zero-order chi connectivity index (χ0) is 14.0. The van der Waals surface area contributed by atoms with E-state index >= 15 is 0 Å². The number of thiophene rings is 1. The van der Waals surface area contributed by atoms with Crippen LogP contribution in [0.25, 0.3) is 0 Å². The van der Waals surface area contributed by atoms with Gasteiger partial charge in [-0.15, -0.1) is 11.3 Å². The molecule has 0 aliphatic carbocycles. The van der Waals surface area contributed by atoms with Crippen molar-refractivity contribution in [1.29, 1.82) is 0 Å². The van der Waals surface area contributed by atoms with Gasteiger partial charge in [0.1, 0.15) is 11.4 Å². The highest BCUT2D eigenvalue weighted by Gasteiger charge is 2.16. The minimum absolute atomic E-state index is 0.166. The van der Waals surface area contributed by atoms with Crippen LogP contribution in [0.3, 0.4) is 0 Å². The van der Waals surface area contributed by atoms with Gasteiger partial charge in [0.25, 0.3) is 0 Å². The molecule has 1 N–H and O–H groups in total. The van der Waals surface area contributed by atoms with Gasteiger partial charge in [-0.2, -0.15) is 0 Å². The maximum absolute atomic E-state index is 11.2. The van der Waals surface area contributed by atoms with Crippen molar-refractivity contribution in [1.82, 2.24) is 4.98 Å². The normalized spacial score (nSPS) is 10.5. The summed E-state index contributed by atoms with van der Waals surface area (Å²) in [7, 11) is 1.80. The summed E-state index contributed by atoms with van der Waals surface area (Å²) in [6, 6.07) is 5.29. The second kappa shape index (κ2) is 5.90. The summed E-state index contributed by atoms with van der Waals surface area (Å²) in [6.45, 7) is 0.562. The topological polar surface area (TPSA) is 53.4 Å². The molecular formula is C12H10BrClN2O2S. The molecule has 0 amide bonds. The number of halogens is 2. The number of rotatable bonds is 4. The summed E-state index contributed by atoms with van der Waals surface area (Å²) in [5.41, 5.74) is 0.166. The van der Waals surface area contributed by atoms with Gasteiger partial charge < -0.3 is 10.0 Å². The van der Waals surface area contributed by atoms with Crippen LogP contribution in [0.5, 0.6) is 0 Å². The molecule has 0 spiro atoms. The molecule has 0 aliphatic rings. The van der Waals surface area contributed by atoms with Crippen LogP contribution in [0.15, 0.2) is 28.9 Å². The first kappa shape index (κ1) is 14.3. The van der Waals surface area contributed by atoms with Gasteiger partial charge in [0, 0.05) is 22.6 Å². The van der Waals surface area contributed by atoms with Gasteiger partial charge in [0.2, 0.25) is 0 Å². The third kappa shape index (κ3) is 3.46. The number of carboxylic acid groups (broad SMARTS) is 1. The Morgan fingerprint density at radius 3 is 2.89 bits per heavy atom. The minimum Gasteiger partial charge on any atom is -0.478 e. The Bertz CT molecular complexity index is 618. The Morgan fingerprint density at radius 2 is 2.32 bits per heavy atom. The van der Waals surface area contributed by atoms with Gasteiger partial charge in [0.15, 0.2) is 0 Å². The zero-order valence-electron chi connectivity index (χ0n) is 9.93. The van der Waals surface area contributed by atoms with E-state index in [0.29, 0.717) is 21.2 Å². The Morgan fingerprint density at radius 1 is 1.58 bits per heavy atom. The molecule has 2 rings (SSSR count). The van der Waals surface area contributed by atoms with Gasteiger partial charge in [-0.25, -0.2) is 9.78 Å². The van der Waals surface area contributed by atoms with Gasteiger partial charge in [-0.3, -0.25) is 0 Å². The van der Waals surface area contributed by atoms with Crippen molar-refractivity contribution in [3.63, 3.8) is 0 Å². The van der Waals surface area contributed by atoms with Gasteiger partial charge in [-0.05, 0) is 34.1 Å². The van der Waals surface area contributed by atoms with Crippen molar-refractivity contribution in [3.05, 3.63) is 43.6 Å². The first-order valence-corrected chi connectivity index (χ1v) is 7.30. The molecule has 7 heteroatoms. The van der Waals surface area contributed by atoms with Crippen molar-refractivity contribution in [2.24, 2.45) is 0 Å². The third-order valence-corrected chi connectivity index (χ3v) is 4.10. The monoisotopic (exact) mass is 360 g/mol. The number of carboxylic acids is 1. The SMILES string of the molecule is CN(Cc1ccc(Cl)s1)c1ncc(Br)cc1C(=O)O. The van der Waals surface area contributed by atoms with Crippen molar-refractivity contribution >= 4 is 50.7 Å². The molecule has 0 aromatic carbocycles. The summed E-state index contributed by atoms with van der Waals surface area (Å²) in [5, 5.41) is 9.20. The molecule has 0 saturated carbocycles. The number of aromatic nitrogens is 1. The molecular weight excluding hydrogens is 352 g/mol. The third-order valence-electron chi connectivity index (χ3n) is 2.45. The van der Waals surface area contributed by atoms with Gasteiger partial charge >= 0.3 is 5.97 Å². The average molecular weight is 362 g/mol. The molecule has 2 aromatic rings. The minimum atomic E-state index is -1.00. The number of hydrogen-bond acceptors (Lipinski definition) is 4. The molecule has 0 bridgehead atoms. The summed E-state index contributed by atoms with van der Waals surface area (Å²) in [5.74, 6) is -0.569. The van der Waals surface area contributed by atoms with Crippen molar-refractivity contribution < 1.29 is 9.90 Å². The van der Waals surface area contributed by atoms with E-state index in [4.69, 9.17) is 11.6 Å². The maximum atomic E-state index is 11.2. The average Bonchev–Trinajstić information content (AvgIpc) is 2.74. The molecule has 4 nitrogen and oxygen atoms in total. The van der Waals surface area contributed by atoms with Crippen LogP contribution in [0.4, 0.5) is 5.82 Å². The van der Waals surface area contributed by atoms with Crippen LogP contribution in [0.2, 0.25) is 4.34 Å². The molecule has 2 heterocycles. The fourth-order valence-corrected chi connectivity index (χ4v) is 3.11.